The van der Waals surface area contributed by atoms with Gasteiger partial charge in [-0.2, -0.15) is 4.98 Å². The lowest BCUT2D eigenvalue weighted by molar-refractivity contribution is 0.396. The number of aromatic amines is 1. The van der Waals surface area contributed by atoms with Crippen LogP contribution in [0.2, 0.25) is 0 Å². The van der Waals surface area contributed by atoms with Crippen LogP contribution in [0.25, 0.3) is 0 Å². The molecule has 0 spiro atoms. The van der Waals surface area contributed by atoms with Gasteiger partial charge in [0.2, 0.25) is 0 Å². The van der Waals surface area contributed by atoms with Crippen LogP contribution in [0.5, 0.6) is 0 Å². The lowest BCUT2D eigenvalue weighted by Gasteiger charge is -1.96. The van der Waals surface area contributed by atoms with Crippen LogP contribution in [0.4, 0.5) is 0 Å². The van der Waals surface area contributed by atoms with E-state index >= 15 is 0 Å². The van der Waals surface area contributed by atoms with Crippen molar-refractivity contribution in [1.29, 1.82) is 0 Å². The van der Waals surface area contributed by atoms with Gasteiger partial charge in [0, 0.05) is 12.3 Å². The summed E-state index contributed by atoms with van der Waals surface area (Å²) in [6.45, 7) is 1.94. The molecule has 1 heterocycles. The standard InChI is InChI=1S/C7H8N2OS/c1-3-5(2)4-6-8-7(11)10-9-6/h1,5H,4H2,2H3,(H,8,9,11). The minimum atomic E-state index is 0.158. The van der Waals surface area contributed by atoms with Gasteiger partial charge < -0.3 is 4.52 Å². The van der Waals surface area contributed by atoms with Crippen molar-refractivity contribution in [2.24, 2.45) is 5.92 Å². The van der Waals surface area contributed by atoms with Crippen molar-refractivity contribution in [2.45, 2.75) is 13.3 Å². The molecule has 11 heavy (non-hydrogen) atoms. The van der Waals surface area contributed by atoms with Crippen LogP contribution in [0.1, 0.15) is 12.7 Å². The smallest absolute Gasteiger partial charge is 0.314 e. The van der Waals surface area contributed by atoms with Crippen molar-refractivity contribution in [3.63, 3.8) is 0 Å². The zero-order valence-corrected chi connectivity index (χ0v) is 6.94. The van der Waals surface area contributed by atoms with Crippen LogP contribution in [-0.2, 0) is 6.42 Å². The van der Waals surface area contributed by atoms with Gasteiger partial charge in [-0.3, -0.25) is 0 Å². The van der Waals surface area contributed by atoms with Crippen LogP contribution < -0.4 is 0 Å². The Balaban J connectivity index is 2.66. The second-order valence-electron chi connectivity index (χ2n) is 2.30. The Morgan fingerprint density at radius 2 is 2.64 bits per heavy atom. The van der Waals surface area contributed by atoms with Crippen molar-refractivity contribution in [2.75, 3.05) is 0 Å². The minimum Gasteiger partial charge on any atom is -0.348 e. The molecule has 1 aromatic rings. The SMILES string of the molecule is C#CC(C)Cc1nc(=S)o[nH]1. The molecule has 1 atom stereocenters. The summed E-state index contributed by atoms with van der Waals surface area (Å²) in [5.41, 5.74) is 0. The average molecular weight is 168 g/mol. The van der Waals surface area contributed by atoms with Gasteiger partial charge in [0.25, 0.3) is 0 Å². The van der Waals surface area contributed by atoms with Crippen molar-refractivity contribution in [3.05, 3.63) is 10.7 Å². The highest BCUT2D eigenvalue weighted by atomic mass is 32.1. The first-order valence-electron chi connectivity index (χ1n) is 3.23. The second kappa shape index (κ2) is 3.35. The highest BCUT2D eigenvalue weighted by Crippen LogP contribution is 2.01. The number of terminal acetylenes is 1. The van der Waals surface area contributed by atoms with E-state index in [2.05, 4.69) is 28.3 Å². The number of nitrogens with zero attached hydrogens (tertiary/aromatic N) is 1. The van der Waals surface area contributed by atoms with E-state index in [4.69, 9.17) is 10.9 Å². The second-order valence-corrected chi connectivity index (χ2v) is 2.65. The first-order chi connectivity index (χ1) is 5.22. The molecule has 0 bridgehead atoms. The summed E-state index contributed by atoms with van der Waals surface area (Å²) in [7, 11) is 0. The van der Waals surface area contributed by atoms with Gasteiger partial charge in [0.05, 0.1) is 0 Å². The highest BCUT2D eigenvalue weighted by Gasteiger charge is 2.02. The highest BCUT2D eigenvalue weighted by molar-refractivity contribution is 7.71. The van der Waals surface area contributed by atoms with E-state index in [0.29, 0.717) is 12.2 Å². The molecule has 0 amide bonds. The molecule has 1 aromatic heterocycles. The molecule has 0 aromatic carbocycles. The molecule has 1 rings (SSSR count). The number of nitrogens with one attached hydrogen (secondary N) is 1. The summed E-state index contributed by atoms with van der Waals surface area (Å²) >= 11 is 4.66. The molecule has 1 N–H and O–H groups in total. The lowest BCUT2D eigenvalue weighted by atomic mass is 10.1. The van der Waals surface area contributed by atoms with Gasteiger partial charge in [0.15, 0.2) is 0 Å². The van der Waals surface area contributed by atoms with E-state index in [9.17, 15) is 0 Å². The monoisotopic (exact) mass is 168 g/mol. The normalized spacial score (nSPS) is 12.4. The lowest BCUT2D eigenvalue weighted by Crippen LogP contribution is -1.97. The van der Waals surface area contributed by atoms with Crippen molar-refractivity contribution >= 4 is 12.2 Å². The van der Waals surface area contributed by atoms with E-state index in [1.165, 1.54) is 0 Å². The Kier molecular flexibility index (Phi) is 2.44. The molecule has 0 radical (unpaired) electrons. The fourth-order valence-corrected chi connectivity index (χ4v) is 0.847. The zero-order chi connectivity index (χ0) is 8.27. The summed E-state index contributed by atoms with van der Waals surface area (Å²) in [5.74, 6) is 3.45. The third kappa shape index (κ3) is 2.20. The number of hydrogen-bond acceptors (Lipinski definition) is 3. The summed E-state index contributed by atoms with van der Waals surface area (Å²) in [6, 6.07) is 0. The molecule has 0 fully saturated rings. The van der Waals surface area contributed by atoms with Crippen molar-refractivity contribution in [1.82, 2.24) is 10.1 Å². The molecule has 58 valence electrons. The van der Waals surface area contributed by atoms with E-state index in [1.54, 1.807) is 0 Å². The summed E-state index contributed by atoms with van der Waals surface area (Å²) in [6.07, 6.45) is 5.86. The van der Waals surface area contributed by atoms with Gasteiger partial charge in [-0.25, -0.2) is 5.16 Å². The van der Waals surface area contributed by atoms with Crippen molar-refractivity contribution < 1.29 is 4.52 Å². The predicted octanol–water partition coefficient (Wildman–Crippen LogP) is 1.54. The maximum atomic E-state index is 5.18. The first kappa shape index (κ1) is 8.02. The Hall–Kier alpha value is -1.08. The molecule has 3 nitrogen and oxygen atoms in total. The maximum absolute atomic E-state index is 5.18. The Morgan fingerprint density at radius 1 is 1.91 bits per heavy atom. The molecular formula is C7H8N2OS. The van der Waals surface area contributed by atoms with Gasteiger partial charge >= 0.3 is 4.84 Å². The van der Waals surface area contributed by atoms with Gasteiger partial charge in [-0.05, 0) is 12.2 Å². The Bertz CT molecular complexity index is 320. The predicted molar refractivity (Wildman–Crippen MR) is 43.4 cm³/mol. The molecule has 0 aliphatic rings. The third-order valence-corrected chi connectivity index (χ3v) is 1.44. The maximum Gasteiger partial charge on any atom is 0.314 e. The third-order valence-electron chi connectivity index (χ3n) is 1.27. The van der Waals surface area contributed by atoms with Crippen LogP contribution in [0.3, 0.4) is 0 Å². The summed E-state index contributed by atoms with van der Waals surface area (Å²) < 4.78 is 4.72. The van der Waals surface area contributed by atoms with Crippen LogP contribution in [-0.4, -0.2) is 10.1 Å². The number of aromatic nitrogens is 2. The zero-order valence-electron chi connectivity index (χ0n) is 6.13. The minimum absolute atomic E-state index is 0.158. The quantitative estimate of drug-likeness (QED) is 0.538. The largest absolute Gasteiger partial charge is 0.348 e. The summed E-state index contributed by atoms with van der Waals surface area (Å²) in [4.78, 5) is 4.12. The molecule has 0 aliphatic carbocycles. The number of H-pyrrole nitrogens is 1. The fraction of sp³-hybridized carbons (Fsp3) is 0.429. The van der Waals surface area contributed by atoms with Gasteiger partial charge in [-0.1, -0.05) is 6.92 Å². The summed E-state index contributed by atoms with van der Waals surface area (Å²) in [5, 5.41) is 2.58. The molecule has 0 saturated heterocycles. The van der Waals surface area contributed by atoms with E-state index in [0.717, 1.165) is 0 Å². The van der Waals surface area contributed by atoms with E-state index in [1.807, 2.05) is 6.92 Å². The van der Waals surface area contributed by atoms with Crippen LogP contribution in [0, 0.1) is 23.1 Å². The number of rotatable bonds is 2. The van der Waals surface area contributed by atoms with Crippen LogP contribution >= 0.6 is 12.2 Å². The van der Waals surface area contributed by atoms with E-state index in [-0.39, 0.29) is 10.8 Å². The van der Waals surface area contributed by atoms with E-state index < -0.39 is 0 Å². The van der Waals surface area contributed by atoms with Gasteiger partial charge in [-0.15, -0.1) is 12.3 Å². The molecule has 4 heteroatoms. The van der Waals surface area contributed by atoms with Crippen LogP contribution in [0.15, 0.2) is 4.52 Å². The molecule has 1 unspecified atom stereocenters. The molecular weight excluding hydrogens is 160 g/mol. The Morgan fingerprint density at radius 3 is 3.09 bits per heavy atom. The molecule has 0 aliphatic heterocycles. The Labute approximate surface area is 69.8 Å². The topological polar surface area (TPSA) is 41.8 Å². The van der Waals surface area contributed by atoms with Crippen molar-refractivity contribution in [3.8, 4) is 12.3 Å². The number of hydrogen-bond donors (Lipinski definition) is 1. The van der Waals surface area contributed by atoms with Gasteiger partial charge in [0.1, 0.15) is 5.82 Å². The first-order valence-corrected chi connectivity index (χ1v) is 3.63. The average Bonchev–Trinajstić information content (AvgIpc) is 2.35. The fourth-order valence-electron chi connectivity index (χ4n) is 0.695. The molecule has 0 saturated carbocycles.